The smallest absolute Gasteiger partial charge is 0.246 e. The molecule has 0 saturated carbocycles. The topological polar surface area (TPSA) is 49.6 Å². The highest BCUT2D eigenvalue weighted by Gasteiger charge is 2.31. The second kappa shape index (κ2) is 4.75. The number of nitrogens with two attached hydrogens (primary N) is 1. The minimum atomic E-state index is -0.226. The summed E-state index contributed by atoms with van der Waals surface area (Å²) < 4.78 is 0. The third kappa shape index (κ3) is 2.26. The largest absolute Gasteiger partial charge is 0.357 e. The predicted octanol–water partition coefficient (Wildman–Crippen LogP) is 0.601. The van der Waals surface area contributed by atoms with E-state index in [1.54, 1.807) is 4.90 Å². The number of amides is 1. The van der Waals surface area contributed by atoms with Crippen LogP contribution in [-0.2, 0) is 4.79 Å². The number of rotatable bonds is 2. The number of anilines is 1. The molecule has 17 heavy (non-hydrogen) atoms. The fourth-order valence-electron chi connectivity index (χ4n) is 2.26. The first kappa shape index (κ1) is 11.9. The number of hydrogen-bond acceptors (Lipinski definition) is 3. The van der Waals surface area contributed by atoms with Gasteiger partial charge >= 0.3 is 0 Å². The summed E-state index contributed by atoms with van der Waals surface area (Å²) in [5, 5.41) is 0. The van der Waals surface area contributed by atoms with Gasteiger partial charge in [-0.3, -0.25) is 4.79 Å². The lowest BCUT2D eigenvalue weighted by molar-refractivity contribution is -0.132. The molecule has 0 radical (unpaired) electrons. The number of hydrogen-bond donors (Lipinski definition) is 1. The van der Waals surface area contributed by atoms with Crippen LogP contribution in [0.15, 0.2) is 24.3 Å². The zero-order valence-corrected chi connectivity index (χ0v) is 10.4. The molecule has 0 aliphatic carbocycles. The van der Waals surface area contributed by atoms with Crippen molar-refractivity contribution in [2.75, 3.05) is 31.6 Å². The standard InChI is InChI=1S/C13H19N3O/c1-10-4-3-5-11(8-10)16-7-6-15(2)13(17)12(16)9-14/h3-5,8,12H,6-7,9,14H2,1-2H3. The number of nitrogens with zero attached hydrogens (tertiary/aromatic N) is 2. The maximum Gasteiger partial charge on any atom is 0.246 e. The van der Waals surface area contributed by atoms with Crippen molar-refractivity contribution in [3.63, 3.8) is 0 Å². The van der Waals surface area contributed by atoms with Crippen LogP contribution in [0.2, 0.25) is 0 Å². The summed E-state index contributed by atoms with van der Waals surface area (Å²) in [6.07, 6.45) is 0. The Hall–Kier alpha value is -1.55. The van der Waals surface area contributed by atoms with Crippen molar-refractivity contribution in [1.29, 1.82) is 0 Å². The molecule has 1 aliphatic heterocycles. The van der Waals surface area contributed by atoms with Crippen molar-refractivity contribution in [2.45, 2.75) is 13.0 Å². The first-order valence-corrected chi connectivity index (χ1v) is 5.92. The fraction of sp³-hybridized carbons (Fsp3) is 0.462. The van der Waals surface area contributed by atoms with E-state index < -0.39 is 0 Å². The first-order chi connectivity index (χ1) is 8.13. The Morgan fingerprint density at radius 3 is 2.82 bits per heavy atom. The van der Waals surface area contributed by atoms with Crippen LogP contribution in [0.4, 0.5) is 5.69 Å². The quantitative estimate of drug-likeness (QED) is 0.814. The van der Waals surface area contributed by atoms with Crippen LogP contribution in [0.25, 0.3) is 0 Å². The summed E-state index contributed by atoms with van der Waals surface area (Å²) in [7, 11) is 1.83. The maximum atomic E-state index is 12.0. The van der Waals surface area contributed by atoms with Gasteiger partial charge in [-0.15, -0.1) is 0 Å². The van der Waals surface area contributed by atoms with Crippen LogP contribution in [0.3, 0.4) is 0 Å². The number of aryl methyl sites for hydroxylation is 1. The van der Waals surface area contributed by atoms with Gasteiger partial charge in [-0.1, -0.05) is 12.1 Å². The number of piperazine rings is 1. The van der Waals surface area contributed by atoms with Gasteiger partial charge in [-0.05, 0) is 24.6 Å². The van der Waals surface area contributed by atoms with E-state index in [4.69, 9.17) is 5.73 Å². The average Bonchev–Trinajstić information content (AvgIpc) is 2.32. The highest BCUT2D eigenvalue weighted by atomic mass is 16.2. The molecule has 1 heterocycles. The molecule has 0 bridgehead atoms. The van der Waals surface area contributed by atoms with Crippen molar-refractivity contribution in [3.05, 3.63) is 29.8 Å². The summed E-state index contributed by atoms with van der Waals surface area (Å²) in [5.74, 6) is 0.111. The van der Waals surface area contributed by atoms with E-state index in [-0.39, 0.29) is 11.9 Å². The second-order valence-corrected chi connectivity index (χ2v) is 4.54. The molecular weight excluding hydrogens is 214 g/mol. The molecule has 1 atom stereocenters. The van der Waals surface area contributed by atoms with Gasteiger partial charge in [0.25, 0.3) is 0 Å². The molecule has 0 spiro atoms. The third-order valence-corrected chi connectivity index (χ3v) is 3.27. The van der Waals surface area contributed by atoms with Gasteiger partial charge < -0.3 is 15.5 Å². The van der Waals surface area contributed by atoms with Crippen LogP contribution in [0.5, 0.6) is 0 Å². The molecule has 0 aromatic heterocycles. The lowest BCUT2D eigenvalue weighted by Gasteiger charge is -2.40. The maximum absolute atomic E-state index is 12.0. The SMILES string of the molecule is Cc1cccc(N2CCN(C)C(=O)C2CN)c1. The van der Waals surface area contributed by atoms with Crippen molar-refractivity contribution in [3.8, 4) is 0 Å². The molecule has 1 aliphatic rings. The molecule has 1 saturated heterocycles. The van der Waals surface area contributed by atoms with Gasteiger partial charge in [0.15, 0.2) is 0 Å². The lowest BCUT2D eigenvalue weighted by Crippen LogP contribution is -2.58. The van der Waals surface area contributed by atoms with E-state index in [1.165, 1.54) is 5.56 Å². The molecule has 2 N–H and O–H groups in total. The Bertz CT molecular complexity index is 419. The monoisotopic (exact) mass is 233 g/mol. The van der Waals surface area contributed by atoms with E-state index in [9.17, 15) is 4.79 Å². The van der Waals surface area contributed by atoms with Crippen molar-refractivity contribution < 1.29 is 4.79 Å². The molecule has 1 fully saturated rings. The zero-order chi connectivity index (χ0) is 12.4. The minimum absolute atomic E-state index is 0.111. The van der Waals surface area contributed by atoms with Crippen LogP contribution >= 0.6 is 0 Å². The molecule has 1 aromatic carbocycles. The molecule has 4 heteroatoms. The third-order valence-electron chi connectivity index (χ3n) is 3.27. The Morgan fingerprint density at radius 1 is 1.41 bits per heavy atom. The molecule has 1 aromatic rings. The van der Waals surface area contributed by atoms with E-state index in [1.807, 2.05) is 19.2 Å². The number of carbonyl (C=O) groups excluding carboxylic acids is 1. The Kier molecular flexibility index (Phi) is 3.33. The summed E-state index contributed by atoms with van der Waals surface area (Å²) >= 11 is 0. The highest BCUT2D eigenvalue weighted by molar-refractivity contribution is 5.86. The first-order valence-electron chi connectivity index (χ1n) is 5.92. The fourth-order valence-corrected chi connectivity index (χ4v) is 2.26. The summed E-state index contributed by atoms with van der Waals surface area (Å²) in [4.78, 5) is 15.9. The molecular formula is C13H19N3O. The van der Waals surface area contributed by atoms with E-state index in [2.05, 4.69) is 24.0 Å². The van der Waals surface area contributed by atoms with Gasteiger partial charge in [0.05, 0.1) is 0 Å². The van der Waals surface area contributed by atoms with Crippen LogP contribution in [-0.4, -0.2) is 43.5 Å². The van der Waals surface area contributed by atoms with Crippen LogP contribution in [0, 0.1) is 6.92 Å². The molecule has 1 amide bonds. The summed E-state index contributed by atoms with van der Waals surface area (Å²) in [5.41, 5.74) is 8.02. The number of benzene rings is 1. The van der Waals surface area contributed by atoms with E-state index >= 15 is 0 Å². The van der Waals surface area contributed by atoms with Crippen molar-refractivity contribution in [2.24, 2.45) is 5.73 Å². The molecule has 1 unspecified atom stereocenters. The molecule has 4 nitrogen and oxygen atoms in total. The minimum Gasteiger partial charge on any atom is -0.357 e. The van der Waals surface area contributed by atoms with E-state index in [0.29, 0.717) is 6.54 Å². The van der Waals surface area contributed by atoms with Crippen LogP contribution < -0.4 is 10.6 Å². The summed E-state index contributed by atoms with van der Waals surface area (Å²) in [6, 6.07) is 7.98. The summed E-state index contributed by atoms with van der Waals surface area (Å²) in [6.45, 7) is 4.01. The van der Waals surface area contributed by atoms with Gasteiger partial charge in [-0.2, -0.15) is 0 Å². The number of carbonyl (C=O) groups is 1. The zero-order valence-electron chi connectivity index (χ0n) is 10.4. The molecule has 2 rings (SSSR count). The highest BCUT2D eigenvalue weighted by Crippen LogP contribution is 2.21. The molecule has 92 valence electrons. The van der Waals surface area contributed by atoms with Gasteiger partial charge in [0.1, 0.15) is 6.04 Å². The van der Waals surface area contributed by atoms with Gasteiger partial charge in [0, 0.05) is 32.4 Å². The lowest BCUT2D eigenvalue weighted by atomic mass is 10.1. The normalized spacial score (nSPS) is 20.9. The predicted molar refractivity (Wildman–Crippen MR) is 69.0 cm³/mol. The Morgan fingerprint density at radius 2 is 2.18 bits per heavy atom. The van der Waals surface area contributed by atoms with Crippen LogP contribution in [0.1, 0.15) is 5.56 Å². The van der Waals surface area contributed by atoms with Crippen molar-refractivity contribution in [1.82, 2.24) is 4.90 Å². The second-order valence-electron chi connectivity index (χ2n) is 4.54. The Labute approximate surface area is 102 Å². The van der Waals surface area contributed by atoms with E-state index in [0.717, 1.165) is 18.8 Å². The average molecular weight is 233 g/mol. The van der Waals surface area contributed by atoms with Gasteiger partial charge in [0.2, 0.25) is 5.91 Å². The Balaban J connectivity index is 2.28. The number of likely N-dealkylation sites (N-methyl/N-ethyl adjacent to an activating group) is 1. The van der Waals surface area contributed by atoms with Crippen molar-refractivity contribution >= 4 is 11.6 Å². The van der Waals surface area contributed by atoms with Gasteiger partial charge in [-0.25, -0.2) is 0 Å².